The van der Waals surface area contributed by atoms with Gasteiger partial charge in [0.2, 0.25) is 0 Å². The lowest BCUT2D eigenvalue weighted by molar-refractivity contribution is 0.0105. The first-order chi connectivity index (χ1) is 6.41. The van der Waals surface area contributed by atoms with Gasteiger partial charge in [-0.05, 0) is 20.8 Å². The molecule has 0 radical (unpaired) electrons. The van der Waals surface area contributed by atoms with E-state index < -0.39 is 5.60 Å². The molecule has 0 amide bonds. The van der Waals surface area contributed by atoms with Gasteiger partial charge in [-0.15, -0.1) is 0 Å². The van der Waals surface area contributed by atoms with Crippen LogP contribution in [0.25, 0.3) is 0 Å². The molecule has 0 aliphatic heterocycles. The molecule has 0 aromatic carbocycles. The van der Waals surface area contributed by atoms with Crippen LogP contribution < -0.4 is 5.32 Å². The molecule has 0 bridgehead atoms. The van der Waals surface area contributed by atoms with E-state index in [1.54, 1.807) is 28.1 Å². The van der Waals surface area contributed by atoms with Crippen molar-refractivity contribution in [1.82, 2.24) is 5.32 Å². The normalized spacial score (nSPS) is 16.7. The van der Waals surface area contributed by atoms with Gasteiger partial charge in [-0.2, -0.15) is 0 Å². The Hall–Kier alpha value is -0.160. The van der Waals surface area contributed by atoms with E-state index >= 15 is 0 Å². The molecule has 0 heterocycles. The van der Waals surface area contributed by atoms with Gasteiger partial charge in [0.1, 0.15) is 0 Å². The second-order valence-electron chi connectivity index (χ2n) is 4.10. The summed E-state index contributed by atoms with van der Waals surface area (Å²) in [5.41, 5.74) is -0.717. The summed E-state index contributed by atoms with van der Waals surface area (Å²) >= 11 is 0. The lowest BCUT2D eigenvalue weighted by Gasteiger charge is -2.28. The Morgan fingerprint density at radius 1 is 1.36 bits per heavy atom. The van der Waals surface area contributed by atoms with E-state index in [4.69, 9.17) is 9.47 Å². The van der Waals surface area contributed by atoms with Crippen molar-refractivity contribution in [1.29, 1.82) is 0 Å². The minimum Gasteiger partial charge on any atom is -0.389 e. The predicted octanol–water partition coefficient (Wildman–Crippen LogP) is 0.397. The van der Waals surface area contributed by atoms with Crippen LogP contribution >= 0.6 is 0 Å². The van der Waals surface area contributed by atoms with E-state index in [1.165, 1.54) is 0 Å². The van der Waals surface area contributed by atoms with Crippen molar-refractivity contribution >= 4 is 0 Å². The van der Waals surface area contributed by atoms with E-state index in [9.17, 15) is 5.11 Å². The first kappa shape index (κ1) is 13.8. The fourth-order valence-electron chi connectivity index (χ4n) is 0.954. The topological polar surface area (TPSA) is 50.7 Å². The summed E-state index contributed by atoms with van der Waals surface area (Å²) < 4.78 is 10.2. The summed E-state index contributed by atoms with van der Waals surface area (Å²) in [5, 5.41) is 12.9. The van der Waals surface area contributed by atoms with Crippen molar-refractivity contribution in [2.75, 3.05) is 27.4 Å². The van der Waals surface area contributed by atoms with Gasteiger partial charge in [-0.25, -0.2) is 0 Å². The number of hydrogen-bond donors (Lipinski definition) is 2. The highest BCUT2D eigenvalue weighted by Gasteiger charge is 2.22. The molecule has 2 atom stereocenters. The minimum atomic E-state index is -0.717. The Labute approximate surface area is 86.6 Å². The molecule has 0 aromatic heterocycles. The van der Waals surface area contributed by atoms with Gasteiger partial charge < -0.3 is 19.9 Å². The van der Waals surface area contributed by atoms with Gasteiger partial charge in [0.15, 0.2) is 0 Å². The second-order valence-corrected chi connectivity index (χ2v) is 4.10. The molecule has 86 valence electrons. The molecule has 2 unspecified atom stereocenters. The Morgan fingerprint density at radius 2 is 1.93 bits per heavy atom. The summed E-state index contributed by atoms with van der Waals surface area (Å²) in [5.74, 6) is 0. The fraction of sp³-hybridized carbons (Fsp3) is 1.00. The lowest BCUT2D eigenvalue weighted by Crippen LogP contribution is -2.47. The molecule has 0 aliphatic rings. The molecule has 0 aromatic rings. The van der Waals surface area contributed by atoms with Crippen LogP contribution in [0.5, 0.6) is 0 Å². The molecule has 4 nitrogen and oxygen atoms in total. The van der Waals surface area contributed by atoms with Crippen LogP contribution in [0.1, 0.15) is 20.8 Å². The maximum atomic E-state index is 9.67. The first-order valence-electron chi connectivity index (χ1n) is 4.89. The van der Waals surface area contributed by atoms with Crippen LogP contribution in [-0.2, 0) is 9.47 Å². The van der Waals surface area contributed by atoms with Gasteiger partial charge >= 0.3 is 0 Å². The molecule has 0 saturated heterocycles. The third-order valence-corrected chi connectivity index (χ3v) is 2.40. The van der Waals surface area contributed by atoms with Gasteiger partial charge in [0, 0.05) is 26.8 Å². The Balaban J connectivity index is 3.79. The lowest BCUT2D eigenvalue weighted by atomic mass is 10.0. The first-order valence-corrected chi connectivity index (χ1v) is 4.89. The molecule has 2 N–H and O–H groups in total. The molecule has 0 rings (SSSR count). The summed E-state index contributed by atoms with van der Waals surface area (Å²) in [6.07, 6.45) is 0.0322. The third kappa shape index (κ3) is 5.54. The maximum absolute atomic E-state index is 9.67. The minimum absolute atomic E-state index is 0.0250. The summed E-state index contributed by atoms with van der Waals surface area (Å²) in [4.78, 5) is 0. The van der Waals surface area contributed by atoms with E-state index in [2.05, 4.69) is 5.32 Å². The van der Waals surface area contributed by atoms with Crippen LogP contribution in [-0.4, -0.2) is 50.2 Å². The molecule has 0 fully saturated rings. The Bertz CT molecular complexity index is 145. The fourth-order valence-corrected chi connectivity index (χ4v) is 0.954. The van der Waals surface area contributed by atoms with Crippen molar-refractivity contribution in [3.8, 4) is 0 Å². The number of ether oxygens (including phenoxy) is 2. The molecular weight excluding hydrogens is 182 g/mol. The third-order valence-electron chi connectivity index (χ3n) is 2.40. The molecule has 4 heteroatoms. The monoisotopic (exact) mass is 205 g/mol. The standard InChI is InChI=1S/C10H23NO3/c1-8(10(2,3)12)11-6-9(14-5)7-13-4/h8-9,11-12H,6-7H2,1-5H3. The Morgan fingerprint density at radius 3 is 2.29 bits per heavy atom. The summed E-state index contributed by atoms with van der Waals surface area (Å²) in [6.45, 7) is 6.74. The quantitative estimate of drug-likeness (QED) is 0.631. The summed E-state index contributed by atoms with van der Waals surface area (Å²) in [7, 11) is 3.30. The molecule has 0 saturated carbocycles. The molecular formula is C10H23NO3. The average molecular weight is 205 g/mol. The van der Waals surface area contributed by atoms with Crippen molar-refractivity contribution in [2.45, 2.75) is 38.5 Å². The maximum Gasteiger partial charge on any atom is 0.0928 e. The Kier molecular flexibility index (Phi) is 6.27. The average Bonchev–Trinajstić information content (AvgIpc) is 2.10. The zero-order chi connectivity index (χ0) is 11.2. The van der Waals surface area contributed by atoms with Crippen molar-refractivity contribution < 1.29 is 14.6 Å². The van der Waals surface area contributed by atoms with Gasteiger partial charge in [0.05, 0.1) is 18.3 Å². The zero-order valence-electron chi connectivity index (χ0n) is 9.83. The van der Waals surface area contributed by atoms with Gasteiger partial charge in [-0.1, -0.05) is 0 Å². The molecule has 0 spiro atoms. The van der Waals surface area contributed by atoms with Crippen LogP contribution in [0.15, 0.2) is 0 Å². The smallest absolute Gasteiger partial charge is 0.0928 e. The van der Waals surface area contributed by atoms with Gasteiger partial charge in [-0.3, -0.25) is 0 Å². The van der Waals surface area contributed by atoms with E-state index in [-0.39, 0.29) is 12.1 Å². The van der Waals surface area contributed by atoms with E-state index in [0.29, 0.717) is 13.2 Å². The van der Waals surface area contributed by atoms with Crippen molar-refractivity contribution in [3.63, 3.8) is 0 Å². The van der Waals surface area contributed by atoms with Crippen LogP contribution in [0.2, 0.25) is 0 Å². The van der Waals surface area contributed by atoms with E-state index in [0.717, 1.165) is 0 Å². The highest BCUT2D eigenvalue weighted by molar-refractivity contribution is 4.80. The highest BCUT2D eigenvalue weighted by atomic mass is 16.5. The van der Waals surface area contributed by atoms with Crippen molar-refractivity contribution in [2.24, 2.45) is 0 Å². The number of hydrogen-bond acceptors (Lipinski definition) is 4. The number of rotatable bonds is 7. The largest absolute Gasteiger partial charge is 0.389 e. The number of methoxy groups -OCH3 is 2. The van der Waals surface area contributed by atoms with Gasteiger partial charge in [0.25, 0.3) is 0 Å². The van der Waals surface area contributed by atoms with Crippen LogP contribution in [0, 0.1) is 0 Å². The summed E-state index contributed by atoms with van der Waals surface area (Å²) in [6, 6.07) is 0.0250. The molecule has 14 heavy (non-hydrogen) atoms. The van der Waals surface area contributed by atoms with Crippen LogP contribution in [0.4, 0.5) is 0 Å². The second kappa shape index (κ2) is 6.35. The zero-order valence-corrected chi connectivity index (χ0v) is 9.83. The highest BCUT2D eigenvalue weighted by Crippen LogP contribution is 2.07. The van der Waals surface area contributed by atoms with Crippen LogP contribution in [0.3, 0.4) is 0 Å². The number of nitrogens with one attached hydrogen (secondary N) is 1. The SMILES string of the molecule is COCC(CNC(C)C(C)(C)O)OC. The van der Waals surface area contributed by atoms with E-state index in [1.807, 2.05) is 6.92 Å². The van der Waals surface area contributed by atoms with Crippen molar-refractivity contribution in [3.05, 3.63) is 0 Å². The predicted molar refractivity (Wildman–Crippen MR) is 56.4 cm³/mol. The molecule has 0 aliphatic carbocycles. The number of aliphatic hydroxyl groups is 1.